The predicted octanol–water partition coefficient (Wildman–Crippen LogP) is 2.98. The zero-order chi connectivity index (χ0) is 16.8. The van der Waals surface area contributed by atoms with E-state index in [0.717, 1.165) is 23.6 Å². The van der Waals surface area contributed by atoms with Gasteiger partial charge in [0.05, 0.1) is 12.2 Å². The Morgan fingerprint density at radius 1 is 1.08 bits per heavy atom. The number of nitrogens with zero attached hydrogens (tertiary/aromatic N) is 4. The second-order valence-corrected chi connectivity index (χ2v) is 5.64. The Balaban J connectivity index is 1.56. The fourth-order valence-corrected chi connectivity index (χ4v) is 2.37. The second kappa shape index (κ2) is 7.70. The molecule has 3 aromatic rings. The summed E-state index contributed by atoms with van der Waals surface area (Å²) in [7, 11) is 2.01. The van der Waals surface area contributed by atoms with E-state index in [1.165, 1.54) is 0 Å². The van der Waals surface area contributed by atoms with Crippen molar-refractivity contribution < 1.29 is 9.15 Å². The molecule has 0 saturated carbocycles. The van der Waals surface area contributed by atoms with E-state index in [4.69, 9.17) is 9.15 Å². The molecule has 3 rings (SSSR count). The topological polar surface area (TPSA) is 64.3 Å². The highest BCUT2D eigenvalue weighted by molar-refractivity contribution is 5.28. The molecular weight excluding hydrogens is 304 g/mol. The molecule has 0 bridgehead atoms. The third-order valence-electron chi connectivity index (χ3n) is 3.44. The molecule has 0 atom stereocenters. The van der Waals surface area contributed by atoms with Crippen LogP contribution in [-0.4, -0.2) is 27.1 Å². The monoisotopic (exact) mass is 324 g/mol. The molecular formula is C18H20N4O2. The highest BCUT2D eigenvalue weighted by Gasteiger charge is 2.08. The lowest BCUT2D eigenvalue weighted by Crippen LogP contribution is -2.17. The first-order valence-electron chi connectivity index (χ1n) is 7.78. The van der Waals surface area contributed by atoms with E-state index >= 15 is 0 Å². The molecule has 0 aliphatic carbocycles. The number of hydrogen-bond acceptors (Lipinski definition) is 6. The van der Waals surface area contributed by atoms with Crippen molar-refractivity contribution in [3.8, 4) is 5.75 Å². The number of hydrogen-bond donors (Lipinski definition) is 0. The minimum absolute atomic E-state index is 0.460. The van der Waals surface area contributed by atoms with Gasteiger partial charge < -0.3 is 9.15 Å². The van der Waals surface area contributed by atoms with E-state index < -0.39 is 0 Å². The Labute approximate surface area is 141 Å². The quantitative estimate of drug-likeness (QED) is 0.666. The van der Waals surface area contributed by atoms with E-state index in [1.807, 2.05) is 43.4 Å². The molecule has 0 fully saturated rings. The van der Waals surface area contributed by atoms with Gasteiger partial charge in [-0.1, -0.05) is 18.2 Å². The average Bonchev–Trinajstić information content (AvgIpc) is 2.99. The summed E-state index contributed by atoms with van der Waals surface area (Å²) in [5.74, 6) is 2.04. The van der Waals surface area contributed by atoms with Crippen molar-refractivity contribution in [3.05, 3.63) is 71.7 Å². The van der Waals surface area contributed by atoms with Gasteiger partial charge >= 0.3 is 0 Å². The molecule has 6 nitrogen and oxygen atoms in total. The van der Waals surface area contributed by atoms with Gasteiger partial charge in [-0.3, -0.25) is 9.88 Å². The predicted molar refractivity (Wildman–Crippen MR) is 89.2 cm³/mol. The molecule has 0 aliphatic rings. The van der Waals surface area contributed by atoms with Crippen LogP contribution < -0.4 is 4.74 Å². The molecule has 0 aliphatic heterocycles. The average molecular weight is 324 g/mol. The normalized spacial score (nSPS) is 11.0. The number of aryl methyl sites for hydroxylation is 1. The molecule has 1 aromatic carbocycles. The van der Waals surface area contributed by atoms with Crippen LogP contribution in [0.25, 0.3) is 0 Å². The first-order chi connectivity index (χ1) is 11.7. The summed E-state index contributed by atoms with van der Waals surface area (Å²) in [4.78, 5) is 6.37. The second-order valence-electron chi connectivity index (χ2n) is 5.64. The summed E-state index contributed by atoms with van der Waals surface area (Å²) in [6.07, 6.45) is 1.77. The number of pyridine rings is 1. The van der Waals surface area contributed by atoms with Gasteiger partial charge in [0.15, 0.2) is 0 Å². The van der Waals surface area contributed by atoms with Crippen molar-refractivity contribution >= 4 is 0 Å². The third kappa shape index (κ3) is 4.63. The van der Waals surface area contributed by atoms with Crippen LogP contribution >= 0.6 is 0 Å². The Hall–Kier alpha value is -2.73. The van der Waals surface area contributed by atoms with Crippen molar-refractivity contribution in [2.75, 3.05) is 7.05 Å². The van der Waals surface area contributed by atoms with E-state index in [2.05, 4.69) is 26.1 Å². The van der Waals surface area contributed by atoms with Crippen molar-refractivity contribution in [1.82, 2.24) is 20.1 Å². The molecule has 0 amide bonds. The Morgan fingerprint density at radius 2 is 2.00 bits per heavy atom. The highest BCUT2D eigenvalue weighted by atomic mass is 16.5. The fraction of sp³-hybridized carbons (Fsp3) is 0.278. The van der Waals surface area contributed by atoms with Crippen molar-refractivity contribution in [2.24, 2.45) is 0 Å². The SMILES string of the molecule is Cc1nnc(CN(C)Cc2cccc(OCc3ccccn3)c2)o1. The van der Waals surface area contributed by atoms with Crippen LogP contribution in [0.15, 0.2) is 53.1 Å². The van der Waals surface area contributed by atoms with Gasteiger partial charge in [-0.25, -0.2) is 0 Å². The lowest BCUT2D eigenvalue weighted by atomic mass is 10.2. The summed E-state index contributed by atoms with van der Waals surface area (Å²) >= 11 is 0. The Kier molecular flexibility index (Phi) is 5.18. The lowest BCUT2D eigenvalue weighted by molar-refractivity contribution is 0.276. The van der Waals surface area contributed by atoms with Crippen LogP contribution in [-0.2, 0) is 19.7 Å². The van der Waals surface area contributed by atoms with Crippen LogP contribution in [0, 0.1) is 6.92 Å². The van der Waals surface area contributed by atoms with Crippen molar-refractivity contribution in [2.45, 2.75) is 26.6 Å². The number of ether oxygens (including phenoxy) is 1. The van der Waals surface area contributed by atoms with E-state index in [9.17, 15) is 0 Å². The summed E-state index contributed by atoms with van der Waals surface area (Å²) in [5.41, 5.74) is 2.07. The number of benzene rings is 1. The van der Waals surface area contributed by atoms with Gasteiger partial charge in [0, 0.05) is 19.7 Å². The molecule has 0 N–H and O–H groups in total. The van der Waals surface area contributed by atoms with E-state index in [0.29, 0.717) is 24.9 Å². The molecule has 124 valence electrons. The fourth-order valence-electron chi connectivity index (χ4n) is 2.37. The first kappa shape index (κ1) is 16.1. The zero-order valence-electron chi connectivity index (χ0n) is 13.8. The van der Waals surface area contributed by atoms with Crippen LogP contribution in [0.1, 0.15) is 23.0 Å². The minimum Gasteiger partial charge on any atom is -0.487 e. The standard InChI is InChI=1S/C18H20N4O2/c1-14-20-21-18(24-14)12-22(2)11-15-6-5-8-17(10-15)23-13-16-7-3-4-9-19-16/h3-10H,11-13H2,1-2H3. The Morgan fingerprint density at radius 3 is 2.75 bits per heavy atom. The molecule has 0 unspecified atom stereocenters. The third-order valence-corrected chi connectivity index (χ3v) is 3.44. The molecule has 2 aromatic heterocycles. The molecule has 0 spiro atoms. The maximum absolute atomic E-state index is 5.81. The number of rotatable bonds is 7. The first-order valence-corrected chi connectivity index (χ1v) is 7.78. The molecule has 0 radical (unpaired) electrons. The molecule has 2 heterocycles. The zero-order valence-corrected chi connectivity index (χ0v) is 13.8. The maximum Gasteiger partial charge on any atom is 0.230 e. The number of aromatic nitrogens is 3. The minimum atomic E-state index is 0.460. The lowest BCUT2D eigenvalue weighted by Gasteiger charge is -2.15. The van der Waals surface area contributed by atoms with Crippen LogP contribution in [0.5, 0.6) is 5.75 Å². The molecule has 24 heavy (non-hydrogen) atoms. The van der Waals surface area contributed by atoms with Crippen molar-refractivity contribution in [3.63, 3.8) is 0 Å². The Bertz CT molecular complexity index is 773. The van der Waals surface area contributed by atoms with Crippen molar-refractivity contribution in [1.29, 1.82) is 0 Å². The molecule has 6 heteroatoms. The largest absolute Gasteiger partial charge is 0.487 e. The highest BCUT2D eigenvalue weighted by Crippen LogP contribution is 2.16. The van der Waals surface area contributed by atoms with Gasteiger partial charge in [-0.15, -0.1) is 10.2 Å². The van der Waals surface area contributed by atoms with Gasteiger partial charge in [0.25, 0.3) is 0 Å². The summed E-state index contributed by atoms with van der Waals surface area (Å²) in [6.45, 7) is 3.63. The van der Waals surface area contributed by atoms with Gasteiger partial charge in [0.2, 0.25) is 11.8 Å². The molecule has 0 saturated heterocycles. The smallest absolute Gasteiger partial charge is 0.230 e. The van der Waals surface area contributed by atoms with Gasteiger partial charge in [-0.2, -0.15) is 0 Å². The summed E-state index contributed by atoms with van der Waals surface area (Å²) < 4.78 is 11.2. The van der Waals surface area contributed by atoms with Gasteiger partial charge in [-0.05, 0) is 36.9 Å². The van der Waals surface area contributed by atoms with Gasteiger partial charge in [0.1, 0.15) is 12.4 Å². The summed E-state index contributed by atoms with van der Waals surface area (Å²) in [5, 5.41) is 7.86. The summed E-state index contributed by atoms with van der Waals surface area (Å²) in [6, 6.07) is 13.9. The van der Waals surface area contributed by atoms with E-state index in [-0.39, 0.29) is 0 Å². The van der Waals surface area contributed by atoms with Crippen LogP contribution in [0.2, 0.25) is 0 Å². The van der Waals surface area contributed by atoms with Crippen LogP contribution in [0.3, 0.4) is 0 Å². The maximum atomic E-state index is 5.81. The van der Waals surface area contributed by atoms with Crippen LogP contribution in [0.4, 0.5) is 0 Å². The van der Waals surface area contributed by atoms with E-state index in [1.54, 1.807) is 13.1 Å².